The molecule has 27 heavy (non-hydrogen) atoms. The van der Waals surface area contributed by atoms with Gasteiger partial charge in [-0.25, -0.2) is 0 Å². The van der Waals surface area contributed by atoms with Crippen molar-refractivity contribution in [2.45, 2.75) is 31.8 Å². The van der Waals surface area contributed by atoms with E-state index in [1.807, 2.05) is 18.2 Å². The molecule has 138 valence electrons. The van der Waals surface area contributed by atoms with Crippen LogP contribution in [0.1, 0.15) is 45.6 Å². The maximum atomic E-state index is 12.7. The molecule has 2 N–H and O–H groups in total. The molecular formula is C20H16Cl2N2O2S. The Balaban J connectivity index is 1.45. The summed E-state index contributed by atoms with van der Waals surface area (Å²) in [5.41, 5.74) is 2.88. The first-order valence-electron chi connectivity index (χ1n) is 8.87. The van der Waals surface area contributed by atoms with Crippen LogP contribution in [0.2, 0.25) is 10.0 Å². The second kappa shape index (κ2) is 6.59. The van der Waals surface area contributed by atoms with Crippen LogP contribution in [0.25, 0.3) is 11.3 Å². The fraction of sp³-hybridized carbons (Fsp3) is 0.250. The summed E-state index contributed by atoms with van der Waals surface area (Å²) in [5, 5.41) is 8.38. The maximum absolute atomic E-state index is 12.7. The molecule has 0 fully saturated rings. The monoisotopic (exact) mass is 418 g/mol. The molecule has 0 spiro atoms. The zero-order valence-corrected chi connectivity index (χ0v) is 16.6. The number of anilines is 1. The number of amides is 1. The van der Waals surface area contributed by atoms with Crippen molar-refractivity contribution < 1.29 is 9.21 Å². The topological polar surface area (TPSA) is 54.3 Å². The van der Waals surface area contributed by atoms with Gasteiger partial charge in [0.2, 0.25) is 0 Å². The van der Waals surface area contributed by atoms with Crippen molar-refractivity contribution in [1.82, 2.24) is 5.32 Å². The molecule has 1 aromatic carbocycles. The van der Waals surface area contributed by atoms with Gasteiger partial charge < -0.3 is 15.1 Å². The Hall–Kier alpha value is -1.95. The van der Waals surface area contributed by atoms with Crippen LogP contribution in [-0.4, -0.2) is 5.91 Å². The van der Waals surface area contributed by atoms with E-state index >= 15 is 0 Å². The minimum absolute atomic E-state index is 0.0272. The summed E-state index contributed by atoms with van der Waals surface area (Å²) in [6.07, 6.45) is 4.01. The predicted octanol–water partition coefficient (Wildman–Crippen LogP) is 6.05. The highest BCUT2D eigenvalue weighted by Crippen LogP contribution is 2.42. The summed E-state index contributed by atoms with van der Waals surface area (Å²) in [7, 11) is 0. The van der Waals surface area contributed by atoms with Crippen molar-refractivity contribution in [1.29, 1.82) is 0 Å². The predicted molar refractivity (Wildman–Crippen MR) is 109 cm³/mol. The van der Waals surface area contributed by atoms with Gasteiger partial charge in [-0.2, -0.15) is 0 Å². The number of benzene rings is 1. The van der Waals surface area contributed by atoms with Crippen LogP contribution in [0, 0.1) is 0 Å². The number of fused-ring (bicyclic) bond motifs is 3. The molecule has 7 heteroatoms. The summed E-state index contributed by atoms with van der Waals surface area (Å²) in [4.78, 5) is 14.1. The Morgan fingerprint density at radius 3 is 2.74 bits per heavy atom. The maximum Gasteiger partial charge on any atom is 0.256 e. The molecule has 1 aliphatic carbocycles. The van der Waals surface area contributed by atoms with Crippen molar-refractivity contribution in [3.05, 3.63) is 62.1 Å². The Morgan fingerprint density at radius 2 is 1.89 bits per heavy atom. The Kier molecular flexibility index (Phi) is 4.19. The number of nitrogens with one attached hydrogen (secondary N) is 2. The molecule has 4 nitrogen and oxygen atoms in total. The van der Waals surface area contributed by atoms with Gasteiger partial charge in [-0.3, -0.25) is 4.79 Å². The first-order valence-corrected chi connectivity index (χ1v) is 10.4. The van der Waals surface area contributed by atoms with Crippen molar-refractivity contribution in [2.24, 2.45) is 0 Å². The molecule has 2 aliphatic rings. The number of halogens is 2. The molecule has 0 bridgehead atoms. The third-order valence-corrected chi connectivity index (χ3v) is 7.03. The van der Waals surface area contributed by atoms with E-state index in [4.69, 9.17) is 27.6 Å². The van der Waals surface area contributed by atoms with Gasteiger partial charge in [-0.05, 0) is 61.6 Å². The third kappa shape index (κ3) is 2.94. The van der Waals surface area contributed by atoms with Crippen molar-refractivity contribution in [3.63, 3.8) is 0 Å². The summed E-state index contributed by atoms with van der Waals surface area (Å²) in [5.74, 6) is 1.30. The molecule has 1 unspecified atom stereocenters. The first-order chi connectivity index (χ1) is 13.1. The fourth-order valence-corrected chi connectivity index (χ4v) is 5.35. The van der Waals surface area contributed by atoms with E-state index in [9.17, 15) is 4.79 Å². The van der Waals surface area contributed by atoms with Crippen LogP contribution >= 0.6 is 34.5 Å². The molecule has 0 radical (unpaired) electrons. The van der Waals surface area contributed by atoms with E-state index in [2.05, 4.69) is 10.6 Å². The molecule has 3 heterocycles. The molecule has 3 aromatic rings. The minimum atomic E-state index is -0.387. The standard InChI is InChI=1S/C20H16Cl2N2O2S/c21-12-6-5-10(9-13(12)22)14-7-8-15(26-14)18-23-19(25)17-11-3-1-2-4-16(11)27-20(17)24-18/h5-9,18,24H,1-4H2,(H,23,25). The lowest BCUT2D eigenvalue weighted by atomic mass is 9.94. The molecule has 1 atom stereocenters. The first kappa shape index (κ1) is 17.2. The second-order valence-corrected chi connectivity index (χ2v) is 8.72. The lowest BCUT2D eigenvalue weighted by molar-refractivity contribution is 0.0930. The fourth-order valence-electron chi connectivity index (χ4n) is 3.73. The zero-order valence-electron chi connectivity index (χ0n) is 14.3. The van der Waals surface area contributed by atoms with E-state index < -0.39 is 0 Å². The van der Waals surface area contributed by atoms with E-state index in [-0.39, 0.29) is 12.1 Å². The van der Waals surface area contributed by atoms with Gasteiger partial charge in [0.15, 0.2) is 6.17 Å². The van der Waals surface area contributed by atoms with Crippen LogP contribution in [0.15, 0.2) is 34.7 Å². The lowest BCUT2D eigenvalue weighted by Crippen LogP contribution is -2.38. The number of furan rings is 1. The average molecular weight is 419 g/mol. The molecule has 0 saturated carbocycles. The number of hydrogen-bond acceptors (Lipinski definition) is 4. The Labute approximate surface area is 170 Å². The Bertz CT molecular complexity index is 1060. The normalized spacial score (nSPS) is 18.4. The van der Waals surface area contributed by atoms with Crippen LogP contribution in [0.5, 0.6) is 0 Å². The van der Waals surface area contributed by atoms with Crippen LogP contribution < -0.4 is 10.6 Å². The number of thiophene rings is 1. The van der Waals surface area contributed by atoms with Crippen LogP contribution in [0.4, 0.5) is 5.00 Å². The average Bonchev–Trinajstić information content (AvgIpc) is 3.28. The quantitative estimate of drug-likeness (QED) is 0.532. The van der Waals surface area contributed by atoms with Gasteiger partial charge in [0.1, 0.15) is 16.5 Å². The van der Waals surface area contributed by atoms with Gasteiger partial charge in [0.25, 0.3) is 5.91 Å². The molecular weight excluding hydrogens is 403 g/mol. The summed E-state index contributed by atoms with van der Waals surface area (Å²) in [6, 6.07) is 9.11. The summed E-state index contributed by atoms with van der Waals surface area (Å²) < 4.78 is 6.00. The van der Waals surface area contributed by atoms with Crippen molar-refractivity contribution in [3.8, 4) is 11.3 Å². The van der Waals surface area contributed by atoms with Gasteiger partial charge in [0, 0.05) is 10.4 Å². The van der Waals surface area contributed by atoms with E-state index in [0.29, 0.717) is 21.6 Å². The molecule has 1 amide bonds. The van der Waals surface area contributed by atoms with Gasteiger partial charge >= 0.3 is 0 Å². The smallest absolute Gasteiger partial charge is 0.256 e. The van der Waals surface area contributed by atoms with Crippen molar-refractivity contribution in [2.75, 3.05) is 5.32 Å². The largest absolute Gasteiger partial charge is 0.457 e. The second-order valence-electron chi connectivity index (χ2n) is 6.80. The summed E-state index contributed by atoms with van der Waals surface area (Å²) >= 11 is 13.8. The molecule has 0 saturated heterocycles. The zero-order chi connectivity index (χ0) is 18.5. The molecule has 2 aromatic heterocycles. The summed E-state index contributed by atoms with van der Waals surface area (Å²) in [6.45, 7) is 0. The number of hydrogen-bond donors (Lipinski definition) is 2. The van der Waals surface area contributed by atoms with Gasteiger partial charge in [-0.15, -0.1) is 11.3 Å². The van der Waals surface area contributed by atoms with E-state index in [1.54, 1.807) is 23.5 Å². The minimum Gasteiger partial charge on any atom is -0.457 e. The number of rotatable bonds is 2. The van der Waals surface area contributed by atoms with E-state index in [1.165, 1.54) is 16.9 Å². The highest BCUT2D eigenvalue weighted by Gasteiger charge is 2.33. The Morgan fingerprint density at radius 1 is 1.04 bits per heavy atom. The number of carbonyl (C=O) groups excluding carboxylic acids is 1. The molecule has 5 rings (SSSR count). The molecule has 1 aliphatic heterocycles. The van der Waals surface area contributed by atoms with Gasteiger partial charge in [0.05, 0.1) is 15.6 Å². The van der Waals surface area contributed by atoms with Crippen LogP contribution in [0.3, 0.4) is 0 Å². The third-order valence-electron chi connectivity index (χ3n) is 5.06. The highest BCUT2D eigenvalue weighted by atomic mass is 35.5. The number of carbonyl (C=O) groups is 1. The number of aryl methyl sites for hydroxylation is 1. The van der Waals surface area contributed by atoms with Crippen molar-refractivity contribution >= 4 is 45.4 Å². The van der Waals surface area contributed by atoms with Gasteiger partial charge in [-0.1, -0.05) is 23.2 Å². The highest BCUT2D eigenvalue weighted by molar-refractivity contribution is 7.16. The lowest BCUT2D eigenvalue weighted by Gasteiger charge is -2.25. The SMILES string of the molecule is O=C1NC(c2ccc(-c3ccc(Cl)c(Cl)c3)o2)Nc2sc3c(c21)CCCC3. The van der Waals surface area contributed by atoms with E-state index in [0.717, 1.165) is 35.4 Å². The van der Waals surface area contributed by atoms with Crippen LogP contribution in [-0.2, 0) is 12.8 Å².